The first kappa shape index (κ1) is 12.3. The van der Waals surface area contributed by atoms with Gasteiger partial charge in [0, 0.05) is 27.3 Å². The predicted molar refractivity (Wildman–Crippen MR) is 63.6 cm³/mol. The van der Waals surface area contributed by atoms with Gasteiger partial charge in [-0.05, 0) is 18.6 Å². The molecule has 0 saturated carbocycles. The Morgan fingerprint density at radius 3 is 2.93 bits per heavy atom. The summed E-state index contributed by atoms with van der Waals surface area (Å²) in [6.45, 7) is 1.71. The molecule has 0 amide bonds. The second-order valence-electron chi connectivity index (χ2n) is 3.39. The van der Waals surface area contributed by atoms with Gasteiger partial charge in [-0.25, -0.2) is 4.98 Å². The van der Waals surface area contributed by atoms with E-state index in [9.17, 15) is 0 Å². The number of hydrogen-bond acceptors (Lipinski definition) is 3. The van der Waals surface area contributed by atoms with Gasteiger partial charge in [0.05, 0.1) is 11.6 Å². The van der Waals surface area contributed by atoms with Crippen molar-refractivity contribution in [2.45, 2.75) is 12.3 Å². The number of ether oxygens (including phenoxy) is 1. The summed E-state index contributed by atoms with van der Waals surface area (Å²) in [5, 5.41) is 0. The average molecular weight is 229 g/mol. The van der Waals surface area contributed by atoms with Crippen LogP contribution in [0.25, 0.3) is 0 Å². The van der Waals surface area contributed by atoms with Crippen molar-refractivity contribution < 1.29 is 4.74 Å². The van der Waals surface area contributed by atoms with Crippen LogP contribution in [0.4, 0.5) is 5.82 Å². The highest BCUT2D eigenvalue weighted by molar-refractivity contribution is 6.16. The van der Waals surface area contributed by atoms with Gasteiger partial charge in [0.1, 0.15) is 5.82 Å². The minimum Gasteiger partial charge on any atom is -0.385 e. The van der Waals surface area contributed by atoms with E-state index in [2.05, 4.69) is 9.88 Å². The molecule has 0 N–H and O–H groups in total. The Balaban J connectivity index is 2.52. The largest absolute Gasteiger partial charge is 0.385 e. The van der Waals surface area contributed by atoms with Crippen LogP contribution in [0.2, 0.25) is 0 Å². The van der Waals surface area contributed by atoms with Crippen molar-refractivity contribution in [2.24, 2.45) is 0 Å². The minimum atomic E-state index is 0.458. The molecule has 0 bridgehead atoms. The van der Waals surface area contributed by atoms with Crippen molar-refractivity contribution in [3.63, 3.8) is 0 Å². The van der Waals surface area contributed by atoms with Crippen LogP contribution in [-0.4, -0.2) is 32.3 Å². The summed E-state index contributed by atoms with van der Waals surface area (Å²) in [5.74, 6) is 1.42. The van der Waals surface area contributed by atoms with Crippen LogP contribution in [0.15, 0.2) is 18.2 Å². The third-order valence-electron chi connectivity index (χ3n) is 2.16. The highest BCUT2D eigenvalue weighted by Crippen LogP contribution is 2.11. The molecule has 3 nitrogen and oxygen atoms in total. The van der Waals surface area contributed by atoms with E-state index >= 15 is 0 Å². The molecule has 0 aliphatic heterocycles. The monoisotopic (exact) mass is 228 g/mol. The third-order valence-corrected chi connectivity index (χ3v) is 2.44. The van der Waals surface area contributed by atoms with Gasteiger partial charge in [0.15, 0.2) is 0 Å². The number of aromatic nitrogens is 1. The maximum atomic E-state index is 5.73. The van der Waals surface area contributed by atoms with Crippen molar-refractivity contribution in [1.29, 1.82) is 0 Å². The molecule has 4 heteroatoms. The van der Waals surface area contributed by atoms with E-state index < -0.39 is 0 Å². The van der Waals surface area contributed by atoms with E-state index in [1.54, 1.807) is 7.11 Å². The topological polar surface area (TPSA) is 25.4 Å². The van der Waals surface area contributed by atoms with Crippen molar-refractivity contribution in [3.8, 4) is 0 Å². The maximum Gasteiger partial charge on any atom is 0.128 e. The second kappa shape index (κ2) is 6.64. The van der Waals surface area contributed by atoms with Crippen LogP contribution >= 0.6 is 11.6 Å². The van der Waals surface area contributed by atoms with Crippen molar-refractivity contribution in [1.82, 2.24) is 4.98 Å². The molecule has 0 saturated heterocycles. The molecule has 0 unspecified atom stereocenters. The zero-order valence-corrected chi connectivity index (χ0v) is 10.00. The molecule has 1 heterocycles. The van der Waals surface area contributed by atoms with Crippen molar-refractivity contribution in [3.05, 3.63) is 23.9 Å². The molecule has 1 rings (SSSR count). The molecule has 0 aliphatic carbocycles. The highest BCUT2D eigenvalue weighted by Gasteiger charge is 2.02. The smallest absolute Gasteiger partial charge is 0.128 e. The lowest BCUT2D eigenvalue weighted by molar-refractivity contribution is 0.196. The summed E-state index contributed by atoms with van der Waals surface area (Å²) in [6, 6.07) is 5.90. The SMILES string of the molecule is COCCCN(C)c1cccc(CCl)n1. The molecule has 0 aliphatic rings. The summed E-state index contributed by atoms with van der Waals surface area (Å²) < 4.78 is 5.00. The number of rotatable bonds is 6. The quantitative estimate of drug-likeness (QED) is 0.552. The van der Waals surface area contributed by atoms with E-state index in [4.69, 9.17) is 16.3 Å². The summed E-state index contributed by atoms with van der Waals surface area (Å²) in [7, 11) is 3.74. The summed E-state index contributed by atoms with van der Waals surface area (Å²) in [4.78, 5) is 6.53. The van der Waals surface area contributed by atoms with Gasteiger partial charge in [0.2, 0.25) is 0 Å². The van der Waals surface area contributed by atoms with Gasteiger partial charge in [-0.15, -0.1) is 11.6 Å². The number of pyridine rings is 1. The number of alkyl halides is 1. The van der Waals surface area contributed by atoms with E-state index in [0.29, 0.717) is 5.88 Å². The molecule has 84 valence electrons. The van der Waals surface area contributed by atoms with E-state index in [1.165, 1.54) is 0 Å². The van der Waals surface area contributed by atoms with Gasteiger partial charge >= 0.3 is 0 Å². The molecule has 0 radical (unpaired) electrons. The molecule has 15 heavy (non-hydrogen) atoms. The van der Waals surface area contributed by atoms with E-state index in [1.807, 2.05) is 25.2 Å². The number of hydrogen-bond donors (Lipinski definition) is 0. The first-order chi connectivity index (χ1) is 7.27. The fraction of sp³-hybridized carbons (Fsp3) is 0.545. The lowest BCUT2D eigenvalue weighted by Crippen LogP contribution is -2.21. The van der Waals surface area contributed by atoms with E-state index in [0.717, 1.165) is 31.1 Å². The zero-order chi connectivity index (χ0) is 11.1. The van der Waals surface area contributed by atoms with Gasteiger partial charge in [-0.1, -0.05) is 6.07 Å². The van der Waals surface area contributed by atoms with E-state index in [-0.39, 0.29) is 0 Å². The van der Waals surface area contributed by atoms with Crippen LogP contribution < -0.4 is 4.90 Å². The molecule has 0 atom stereocenters. The molecular formula is C11H17ClN2O. The molecule has 0 spiro atoms. The Kier molecular flexibility index (Phi) is 5.43. The molecule has 1 aromatic heterocycles. The molecular weight excluding hydrogens is 212 g/mol. The van der Waals surface area contributed by atoms with Crippen molar-refractivity contribution in [2.75, 3.05) is 32.2 Å². The fourth-order valence-electron chi connectivity index (χ4n) is 1.31. The Bertz CT molecular complexity index is 294. The zero-order valence-electron chi connectivity index (χ0n) is 9.24. The summed E-state index contributed by atoms with van der Waals surface area (Å²) in [5.41, 5.74) is 0.910. The maximum absolute atomic E-state index is 5.73. The first-order valence-electron chi connectivity index (χ1n) is 5.00. The Morgan fingerprint density at radius 2 is 2.27 bits per heavy atom. The normalized spacial score (nSPS) is 10.3. The molecule has 0 aromatic carbocycles. The van der Waals surface area contributed by atoms with Crippen LogP contribution in [0.5, 0.6) is 0 Å². The fourth-order valence-corrected chi connectivity index (χ4v) is 1.46. The van der Waals surface area contributed by atoms with Crippen LogP contribution in [0.3, 0.4) is 0 Å². The summed E-state index contributed by atoms with van der Waals surface area (Å²) >= 11 is 5.73. The second-order valence-corrected chi connectivity index (χ2v) is 3.66. The lowest BCUT2D eigenvalue weighted by Gasteiger charge is -2.18. The first-order valence-corrected chi connectivity index (χ1v) is 5.53. The third kappa shape index (κ3) is 4.06. The van der Waals surface area contributed by atoms with Gasteiger partial charge in [0.25, 0.3) is 0 Å². The van der Waals surface area contributed by atoms with Crippen LogP contribution in [0.1, 0.15) is 12.1 Å². The standard InChI is InChI=1S/C11H17ClN2O/c1-14(7-4-8-15-2)11-6-3-5-10(9-12)13-11/h3,5-6H,4,7-9H2,1-2H3. The molecule has 1 aromatic rings. The average Bonchev–Trinajstić information content (AvgIpc) is 2.29. The Labute approximate surface area is 96.0 Å². The molecule has 0 fully saturated rings. The Morgan fingerprint density at radius 1 is 1.47 bits per heavy atom. The number of halogens is 1. The number of nitrogens with zero attached hydrogens (tertiary/aromatic N) is 2. The lowest BCUT2D eigenvalue weighted by atomic mass is 10.3. The van der Waals surface area contributed by atoms with Crippen molar-refractivity contribution >= 4 is 17.4 Å². The van der Waals surface area contributed by atoms with Gasteiger partial charge < -0.3 is 9.64 Å². The number of methoxy groups -OCH3 is 1. The van der Waals surface area contributed by atoms with Gasteiger partial charge in [-0.2, -0.15) is 0 Å². The van der Waals surface area contributed by atoms with Crippen LogP contribution in [0, 0.1) is 0 Å². The van der Waals surface area contributed by atoms with Gasteiger partial charge in [-0.3, -0.25) is 0 Å². The number of anilines is 1. The predicted octanol–water partition coefficient (Wildman–Crippen LogP) is 2.29. The van der Waals surface area contributed by atoms with Crippen LogP contribution in [-0.2, 0) is 10.6 Å². The Hall–Kier alpha value is -0.800. The minimum absolute atomic E-state index is 0.458. The highest BCUT2D eigenvalue weighted by atomic mass is 35.5. The summed E-state index contributed by atoms with van der Waals surface area (Å²) in [6.07, 6.45) is 1.000.